The number of hydrogen-bond acceptors (Lipinski definition) is 2. The van der Waals surface area contributed by atoms with Crippen LogP contribution in [0.25, 0.3) is 0 Å². The average molecular weight is 244 g/mol. The zero-order valence-corrected chi connectivity index (χ0v) is 11.2. The van der Waals surface area contributed by atoms with Crippen LogP contribution in [0.4, 0.5) is 0 Å². The second-order valence-corrected chi connectivity index (χ2v) is 11.5. The van der Waals surface area contributed by atoms with E-state index in [0.29, 0.717) is 0 Å². The fourth-order valence-corrected chi connectivity index (χ4v) is 1.63. The van der Waals surface area contributed by atoms with E-state index in [9.17, 15) is 9.59 Å². The molecule has 0 amide bonds. The van der Waals surface area contributed by atoms with Crippen LogP contribution in [0.1, 0.15) is 0 Å². The molecule has 0 aliphatic rings. The van der Waals surface area contributed by atoms with Gasteiger partial charge in [-0.25, -0.2) is 0 Å². The van der Waals surface area contributed by atoms with Gasteiger partial charge in [0.1, 0.15) is 0 Å². The molecule has 0 saturated carbocycles. The SMILES string of the molecule is CS(C)(C)OC(=[OH+])C(=[OH+])OS(C)(C)C. The quantitative estimate of drug-likeness (QED) is 0.542. The minimum atomic E-state index is -1.36. The van der Waals surface area contributed by atoms with Crippen LogP contribution >= 0.6 is 20.6 Å². The molecule has 0 aliphatic carbocycles. The van der Waals surface area contributed by atoms with Gasteiger partial charge in [0, 0.05) is 37.5 Å². The molecule has 0 spiro atoms. The van der Waals surface area contributed by atoms with Gasteiger partial charge < -0.3 is 9.59 Å². The van der Waals surface area contributed by atoms with E-state index in [-0.39, 0.29) is 0 Å². The molecule has 0 unspecified atom stereocenters. The molecule has 0 aromatic heterocycles. The lowest BCUT2D eigenvalue weighted by Crippen LogP contribution is -2.23. The van der Waals surface area contributed by atoms with Gasteiger partial charge in [0.2, 0.25) is 0 Å². The third-order valence-corrected chi connectivity index (χ3v) is 2.16. The van der Waals surface area contributed by atoms with Crippen LogP contribution < -0.4 is 0 Å². The van der Waals surface area contributed by atoms with Crippen molar-refractivity contribution in [2.24, 2.45) is 0 Å². The Morgan fingerprint density at radius 1 is 0.714 bits per heavy atom. The Balaban J connectivity index is 4.22. The van der Waals surface area contributed by atoms with Gasteiger partial charge in [-0.1, -0.05) is 0 Å². The predicted molar refractivity (Wildman–Crippen MR) is 66.8 cm³/mol. The smallest absolute Gasteiger partial charge is 0.324 e. The van der Waals surface area contributed by atoms with Gasteiger partial charge in [-0.05, 0) is 20.6 Å². The molecule has 0 heterocycles. The lowest BCUT2D eigenvalue weighted by atomic mass is 10.7. The molecule has 0 aromatic carbocycles. The van der Waals surface area contributed by atoms with Crippen molar-refractivity contribution in [3.8, 4) is 0 Å². The van der Waals surface area contributed by atoms with Crippen molar-refractivity contribution in [1.29, 1.82) is 0 Å². The molecule has 0 bridgehead atoms. The molecule has 2 N–H and O–H groups in total. The third-order valence-electron chi connectivity index (χ3n) is 0.841. The zero-order chi connectivity index (χ0) is 11.6. The van der Waals surface area contributed by atoms with Crippen LogP contribution in [0.5, 0.6) is 0 Å². The maximum atomic E-state index is 9.33. The highest BCUT2D eigenvalue weighted by atomic mass is 32.3. The van der Waals surface area contributed by atoms with Gasteiger partial charge in [-0.2, -0.15) is 0 Å². The number of rotatable bonds is 2. The third kappa shape index (κ3) is 7.08. The summed E-state index contributed by atoms with van der Waals surface area (Å²) >= 11 is 0. The van der Waals surface area contributed by atoms with Crippen molar-refractivity contribution >= 4 is 32.6 Å². The van der Waals surface area contributed by atoms with Crippen molar-refractivity contribution in [2.45, 2.75) is 0 Å². The first-order valence-corrected chi connectivity index (χ1v) is 9.45. The van der Waals surface area contributed by atoms with E-state index in [0.717, 1.165) is 0 Å². The first-order valence-electron chi connectivity index (χ1n) is 3.89. The largest absolute Gasteiger partial charge is 0.676 e. The lowest BCUT2D eigenvalue weighted by Gasteiger charge is -2.16. The average Bonchev–Trinajstić information content (AvgIpc) is 1.78. The van der Waals surface area contributed by atoms with Crippen molar-refractivity contribution < 1.29 is 18.0 Å². The van der Waals surface area contributed by atoms with Crippen molar-refractivity contribution in [3.05, 3.63) is 0 Å². The van der Waals surface area contributed by atoms with Crippen LogP contribution in [0.2, 0.25) is 0 Å². The normalized spacial score (nSPS) is 14.4. The zero-order valence-electron chi connectivity index (χ0n) is 9.53. The lowest BCUT2D eigenvalue weighted by molar-refractivity contribution is 0.457. The molecule has 0 atom stereocenters. The molecule has 4 nitrogen and oxygen atoms in total. The van der Waals surface area contributed by atoms with Crippen molar-refractivity contribution in [3.63, 3.8) is 0 Å². The summed E-state index contributed by atoms with van der Waals surface area (Å²) < 4.78 is 10.2. The topological polar surface area (TPSA) is 61.3 Å². The van der Waals surface area contributed by atoms with Gasteiger partial charge in [-0.3, -0.25) is 8.37 Å². The van der Waals surface area contributed by atoms with Crippen LogP contribution in [0.3, 0.4) is 0 Å². The Labute approximate surface area is 88.4 Å². The molecule has 0 saturated heterocycles. The minimum Gasteiger partial charge on any atom is -0.324 e. The Morgan fingerprint density at radius 2 is 0.929 bits per heavy atom. The van der Waals surface area contributed by atoms with E-state index in [4.69, 9.17) is 8.37 Å². The monoisotopic (exact) mass is 244 g/mol. The molecule has 0 rings (SSSR count). The van der Waals surface area contributed by atoms with Gasteiger partial charge in [-0.15, -0.1) is 0 Å². The van der Waals surface area contributed by atoms with Crippen molar-refractivity contribution in [1.82, 2.24) is 0 Å². The van der Waals surface area contributed by atoms with E-state index >= 15 is 0 Å². The van der Waals surface area contributed by atoms with Gasteiger partial charge >= 0.3 is 11.9 Å². The molecular formula is C8H20O4S2+2. The predicted octanol–water partition coefficient (Wildman–Crippen LogP) is 1.24. The van der Waals surface area contributed by atoms with E-state index in [1.807, 2.05) is 37.5 Å². The maximum absolute atomic E-state index is 9.33. The summed E-state index contributed by atoms with van der Waals surface area (Å²) in [6.07, 6.45) is 11.1. The number of hydrogen-bond donors (Lipinski definition) is 0. The van der Waals surface area contributed by atoms with Crippen molar-refractivity contribution in [2.75, 3.05) is 37.5 Å². The maximum Gasteiger partial charge on any atom is 0.676 e. The highest BCUT2D eigenvalue weighted by Crippen LogP contribution is 2.38. The Kier molecular flexibility index (Phi) is 4.33. The summed E-state index contributed by atoms with van der Waals surface area (Å²) in [6, 6.07) is 0. The first-order chi connectivity index (χ1) is 6.01. The van der Waals surface area contributed by atoms with Crippen LogP contribution in [-0.2, 0) is 8.37 Å². The van der Waals surface area contributed by atoms with Gasteiger partial charge in [0.25, 0.3) is 0 Å². The summed E-state index contributed by atoms with van der Waals surface area (Å²) in [4.78, 5) is 18.7. The molecular weight excluding hydrogens is 224 g/mol. The molecule has 86 valence electrons. The molecule has 0 fully saturated rings. The molecule has 0 radical (unpaired) electrons. The Bertz CT molecular complexity index is 211. The standard InChI is InChI=1S/C8H18O4S2/c1-13(2,3)11-7(9)8(10)12-14(4,5)6/h1-6H3/p+2. The first kappa shape index (κ1) is 13.6. The van der Waals surface area contributed by atoms with E-state index in [2.05, 4.69) is 0 Å². The van der Waals surface area contributed by atoms with Gasteiger partial charge in [0.15, 0.2) is 0 Å². The van der Waals surface area contributed by atoms with Crippen LogP contribution in [-0.4, -0.2) is 59.1 Å². The van der Waals surface area contributed by atoms with E-state index < -0.39 is 32.6 Å². The van der Waals surface area contributed by atoms with Crippen LogP contribution in [0, 0.1) is 0 Å². The number of carbonyl (C=O) groups excluding carboxylic acids is 2. The summed E-state index contributed by atoms with van der Waals surface area (Å²) in [6.45, 7) is 0. The van der Waals surface area contributed by atoms with E-state index in [1.165, 1.54) is 0 Å². The van der Waals surface area contributed by atoms with Gasteiger partial charge in [0.05, 0.1) is 0 Å². The molecule has 0 aromatic rings. The summed E-state index contributed by atoms with van der Waals surface area (Å²) in [7, 11) is -2.73. The fourth-order valence-electron chi connectivity index (χ4n) is 0.545. The molecule has 0 aliphatic heterocycles. The highest BCUT2D eigenvalue weighted by Gasteiger charge is 2.42. The highest BCUT2D eigenvalue weighted by molar-refractivity contribution is 8.29. The van der Waals surface area contributed by atoms with E-state index in [1.54, 1.807) is 0 Å². The second kappa shape index (κ2) is 4.44. The Hall–Kier alpha value is -0.360. The summed E-state index contributed by atoms with van der Waals surface area (Å²) in [5, 5.41) is 0. The molecule has 6 heteroatoms. The fraction of sp³-hybridized carbons (Fsp3) is 0.750. The Morgan fingerprint density at radius 3 is 1.07 bits per heavy atom. The summed E-state index contributed by atoms with van der Waals surface area (Å²) in [5.41, 5.74) is 0. The minimum absolute atomic E-state index is 0.532. The second-order valence-electron chi connectivity index (χ2n) is 4.23. The van der Waals surface area contributed by atoms with Crippen LogP contribution in [0.15, 0.2) is 0 Å². The summed E-state index contributed by atoms with van der Waals surface area (Å²) in [5.74, 6) is -1.06. The molecule has 14 heavy (non-hydrogen) atoms.